The first-order valence-corrected chi connectivity index (χ1v) is 7.90. The second-order valence-corrected chi connectivity index (χ2v) is 6.16. The quantitative estimate of drug-likeness (QED) is 0.680. The molecule has 6 nitrogen and oxygen atoms in total. The van der Waals surface area contributed by atoms with Crippen molar-refractivity contribution < 1.29 is 9.72 Å². The average molecular weight is 303 g/mol. The van der Waals surface area contributed by atoms with Crippen LogP contribution in [0.1, 0.15) is 31.2 Å². The number of nitrogens with zero attached hydrogens (tertiary/aromatic N) is 2. The summed E-state index contributed by atoms with van der Waals surface area (Å²) in [6.07, 6.45) is 4.98. The van der Waals surface area contributed by atoms with Gasteiger partial charge >= 0.3 is 0 Å². The van der Waals surface area contributed by atoms with Crippen molar-refractivity contribution in [1.82, 2.24) is 10.2 Å². The predicted octanol–water partition coefficient (Wildman–Crippen LogP) is 1.88. The van der Waals surface area contributed by atoms with E-state index in [0.29, 0.717) is 6.04 Å². The number of rotatable bonds is 4. The van der Waals surface area contributed by atoms with Crippen LogP contribution in [0, 0.1) is 10.1 Å². The zero-order valence-corrected chi connectivity index (χ0v) is 12.5. The molecule has 1 amide bonds. The summed E-state index contributed by atoms with van der Waals surface area (Å²) < 4.78 is 0. The van der Waals surface area contributed by atoms with Gasteiger partial charge in [-0.1, -0.05) is 18.6 Å². The number of piperidine rings is 1. The monoisotopic (exact) mass is 303 g/mol. The number of non-ortho nitro benzene ring substituents is 1. The molecule has 3 rings (SSSR count). The Balaban J connectivity index is 1.55. The van der Waals surface area contributed by atoms with Gasteiger partial charge in [-0.2, -0.15) is 0 Å². The average Bonchev–Trinajstić information content (AvgIpc) is 2.91. The summed E-state index contributed by atoms with van der Waals surface area (Å²) in [6, 6.07) is 6.95. The molecule has 2 aliphatic heterocycles. The number of nitro groups is 1. The smallest absolute Gasteiger partial charge is 0.269 e. The molecule has 0 aromatic heterocycles. The van der Waals surface area contributed by atoms with Gasteiger partial charge in [0, 0.05) is 30.8 Å². The molecule has 1 N–H and O–H groups in total. The normalized spacial score (nSPS) is 24.7. The van der Waals surface area contributed by atoms with E-state index in [-0.39, 0.29) is 24.1 Å². The minimum Gasteiger partial charge on any atom is -0.351 e. The van der Waals surface area contributed by atoms with Gasteiger partial charge in [0.15, 0.2) is 0 Å². The van der Waals surface area contributed by atoms with E-state index in [9.17, 15) is 14.9 Å². The van der Waals surface area contributed by atoms with Gasteiger partial charge in [0.2, 0.25) is 5.91 Å². The standard InChI is InChI=1S/C16H21N3O3/c20-16(11-12-4-6-13(7-5-12)19(21)22)17-14-8-10-18-9-2-1-3-15(14)18/h4-7,14-15H,1-3,8-11H2,(H,17,20)/t14-,15-/m0/s1. The molecular formula is C16H21N3O3. The van der Waals surface area contributed by atoms with Gasteiger partial charge in [0.05, 0.1) is 11.3 Å². The maximum atomic E-state index is 12.2. The zero-order valence-electron chi connectivity index (χ0n) is 12.5. The topological polar surface area (TPSA) is 75.5 Å². The molecular weight excluding hydrogens is 282 g/mol. The Hall–Kier alpha value is -1.95. The van der Waals surface area contributed by atoms with Crippen molar-refractivity contribution in [2.75, 3.05) is 13.1 Å². The SMILES string of the molecule is O=C(Cc1ccc([N+](=O)[O-])cc1)N[C@H]1CCN2CCCC[C@@H]12. The fraction of sp³-hybridized carbons (Fsp3) is 0.562. The Morgan fingerprint density at radius 3 is 2.73 bits per heavy atom. The van der Waals surface area contributed by atoms with E-state index in [4.69, 9.17) is 0 Å². The van der Waals surface area contributed by atoms with Crippen LogP contribution in [-0.2, 0) is 11.2 Å². The molecule has 2 saturated heterocycles. The van der Waals surface area contributed by atoms with E-state index in [1.165, 1.54) is 31.4 Å². The van der Waals surface area contributed by atoms with Crippen LogP contribution in [0.2, 0.25) is 0 Å². The highest BCUT2D eigenvalue weighted by Gasteiger charge is 2.36. The van der Waals surface area contributed by atoms with E-state index < -0.39 is 4.92 Å². The van der Waals surface area contributed by atoms with Crippen LogP contribution in [-0.4, -0.2) is 40.9 Å². The van der Waals surface area contributed by atoms with Crippen molar-refractivity contribution in [3.05, 3.63) is 39.9 Å². The van der Waals surface area contributed by atoms with Gasteiger partial charge in [-0.25, -0.2) is 0 Å². The van der Waals surface area contributed by atoms with Crippen LogP contribution < -0.4 is 5.32 Å². The molecule has 118 valence electrons. The Morgan fingerprint density at radius 2 is 2.00 bits per heavy atom. The molecule has 6 heteroatoms. The lowest BCUT2D eigenvalue weighted by atomic mass is 9.99. The number of nitrogens with one attached hydrogen (secondary N) is 1. The van der Waals surface area contributed by atoms with E-state index in [0.717, 1.165) is 25.1 Å². The predicted molar refractivity (Wildman–Crippen MR) is 82.6 cm³/mol. The number of benzene rings is 1. The second-order valence-electron chi connectivity index (χ2n) is 6.16. The number of hydrogen-bond acceptors (Lipinski definition) is 4. The number of carbonyl (C=O) groups is 1. The van der Waals surface area contributed by atoms with Crippen molar-refractivity contribution >= 4 is 11.6 Å². The number of hydrogen-bond donors (Lipinski definition) is 1. The molecule has 1 aromatic carbocycles. The second kappa shape index (κ2) is 6.44. The Labute approximate surface area is 129 Å². The molecule has 22 heavy (non-hydrogen) atoms. The first-order valence-electron chi connectivity index (χ1n) is 7.90. The summed E-state index contributed by atoms with van der Waals surface area (Å²) in [4.78, 5) is 24.9. The molecule has 0 bridgehead atoms. The summed E-state index contributed by atoms with van der Waals surface area (Å²) in [6.45, 7) is 2.23. The molecule has 2 atom stereocenters. The lowest BCUT2D eigenvalue weighted by Crippen LogP contribution is -2.47. The molecule has 0 radical (unpaired) electrons. The van der Waals surface area contributed by atoms with E-state index in [2.05, 4.69) is 10.2 Å². The Bertz CT molecular complexity index is 558. The third kappa shape index (κ3) is 3.27. The van der Waals surface area contributed by atoms with Gasteiger partial charge in [-0.05, 0) is 31.4 Å². The van der Waals surface area contributed by atoms with Crippen molar-refractivity contribution in [2.45, 2.75) is 44.2 Å². The van der Waals surface area contributed by atoms with E-state index in [1.807, 2.05) is 0 Å². The largest absolute Gasteiger partial charge is 0.351 e. The van der Waals surface area contributed by atoms with Crippen LogP contribution in [0.4, 0.5) is 5.69 Å². The molecule has 0 spiro atoms. The van der Waals surface area contributed by atoms with Gasteiger partial charge < -0.3 is 5.32 Å². The first-order chi connectivity index (χ1) is 10.6. The van der Waals surface area contributed by atoms with Crippen LogP contribution in [0.25, 0.3) is 0 Å². The van der Waals surface area contributed by atoms with Crippen molar-refractivity contribution in [3.63, 3.8) is 0 Å². The van der Waals surface area contributed by atoms with E-state index >= 15 is 0 Å². The molecule has 2 heterocycles. The zero-order chi connectivity index (χ0) is 15.5. The van der Waals surface area contributed by atoms with Crippen LogP contribution >= 0.6 is 0 Å². The lowest BCUT2D eigenvalue weighted by Gasteiger charge is -2.32. The van der Waals surface area contributed by atoms with Crippen LogP contribution in [0.15, 0.2) is 24.3 Å². The minimum absolute atomic E-state index is 0.00581. The maximum absolute atomic E-state index is 12.2. The lowest BCUT2D eigenvalue weighted by molar-refractivity contribution is -0.384. The van der Waals surface area contributed by atoms with Crippen LogP contribution in [0.3, 0.4) is 0 Å². The van der Waals surface area contributed by atoms with Crippen molar-refractivity contribution in [3.8, 4) is 0 Å². The summed E-state index contributed by atoms with van der Waals surface area (Å²) in [5.74, 6) is 0.00581. The molecule has 2 aliphatic rings. The molecule has 0 saturated carbocycles. The van der Waals surface area contributed by atoms with Gasteiger partial charge in [-0.15, -0.1) is 0 Å². The molecule has 1 aromatic rings. The molecule has 0 unspecified atom stereocenters. The third-order valence-corrected chi connectivity index (χ3v) is 4.71. The third-order valence-electron chi connectivity index (χ3n) is 4.71. The van der Waals surface area contributed by atoms with E-state index in [1.54, 1.807) is 12.1 Å². The highest BCUT2D eigenvalue weighted by molar-refractivity contribution is 5.79. The summed E-state index contributed by atoms with van der Waals surface area (Å²) in [5.41, 5.74) is 0.861. The molecule has 0 aliphatic carbocycles. The summed E-state index contributed by atoms with van der Waals surface area (Å²) in [7, 11) is 0. The fourth-order valence-corrected chi connectivity index (χ4v) is 3.59. The Morgan fingerprint density at radius 1 is 1.23 bits per heavy atom. The molecule has 2 fully saturated rings. The first kappa shape index (κ1) is 15.0. The van der Waals surface area contributed by atoms with Gasteiger partial charge in [-0.3, -0.25) is 19.8 Å². The summed E-state index contributed by atoms with van der Waals surface area (Å²) >= 11 is 0. The van der Waals surface area contributed by atoms with Crippen molar-refractivity contribution in [1.29, 1.82) is 0 Å². The number of amides is 1. The van der Waals surface area contributed by atoms with Gasteiger partial charge in [0.1, 0.15) is 0 Å². The van der Waals surface area contributed by atoms with Crippen LogP contribution in [0.5, 0.6) is 0 Å². The Kier molecular flexibility index (Phi) is 4.38. The van der Waals surface area contributed by atoms with Crippen molar-refractivity contribution in [2.24, 2.45) is 0 Å². The number of fused-ring (bicyclic) bond motifs is 1. The highest BCUT2D eigenvalue weighted by atomic mass is 16.6. The minimum atomic E-state index is -0.431. The fourth-order valence-electron chi connectivity index (χ4n) is 3.59. The van der Waals surface area contributed by atoms with Gasteiger partial charge in [0.25, 0.3) is 5.69 Å². The summed E-state index contributed by atoms with van der Waals surface area (Å²) in [5, 5.41) is 13.8. The maximum Gasteiger partial charge on any atom is 0.269 e. The highest BCUT2D eigenvalue weighted by Crippen LogP contribution is 2.27. The number of nitro benzene ring substituents is 1. The number of carbonyl (C=O) groups excluding carboxylic acids is 1.